The minimum absolute atomic E-state index is 0.145. The summed E-state index contributed by atoms with van der Waals surface area (Å²) in [6, 6.07) is 13.4. The number of H-pyrrole nitrogens is 1. The van der Waals surface area contributed by atoms with Gasteiger partial charge in [-0.05, 0) is 78.8 Å². The van der Waals surface area contributed by atoms with E-state index in [2.05, 4.69) is 31.3 Å². The molecule has 4 aromatic rings. The Morgan fingerprint density at radius 3 is 2.30 bits per heavy atom. The number of hydrogen-bond acceptors (Lipinski definition) is 8. The van der Waals surface area contributed by atoms with Gasteiger partial charge in [0.1, 0.15) is 6.04 Å². The molecule has 0 bridgehead atoms. The largest absolute Gasteiger partial charge is 0.344 e. The Balaban J connectivity index is 1.34. The van der Waals surface area contributed by atoms with E-state index in [4.69, 9.17) is 5.73 Å². The second kappa shape index (κ2) is 12.9. The molecule has 5 N–H and O–H groups in total. The van der Waals surface area contributed by atoms with E-state index in [1.165, 1.54) is 17.8 Å². The summed E-state index contributed by atoms with van der Waals surface area (Å²) in [6.07, 6.45) is 5.02. The van der Waals surface area contributed by atoms with Crippen LogP contribution in [0.5, 0.6) is 0 Å². The zero-order chi connectivity index (χ0) is 30.5. The molecular weight excluding hydrogens is 550 g/mol. The second-order valence-electron chi connectivity index (χ2n) is 11.0. The van der Waals surface area contributed by atoms with Crippen molar-refractivity contribution in [2.75, 3.05) is 11.9 Å². The minimum atomic E-state index is -0.840. The molecule has 1 saturated carbocycles. The van der Waals surface area contributed by atoms with Crippen LogP contribution in [-0.4, -0.2) is 54.2 Å². The fraction of sp³-hybridized carbons (Fsp3) is 0.367. The standard InChI is InChI=1S/C30H35N9O4/c1-38-17-24(29(42)39(2)30(38)43)20-7-3-18(4-8-20)15-25(33-27(40)22-9-5-19(16-31)6-10-22)28(41)32-23-13-11-21(12-14-23)26-34-36-37-35-26/h3-4,7-8,11-14,17,19,22,25H,5-6,9-10,15-16,31H2,1-2H3,(H,32,41)(H,33,40)(H,34,35,36,37)/t19?,22?,25-/m0/s1. The lowest BCUT2D eigenvalue weighted by molar-refractivity contribution is -0.130. The molecule has 0 aliphatic heterocycles. The van der Waals surface area contributed by atoms with Gasteiger partial charge in [-0.2, -0.15) is 5.21 Å². The molecule has 224 valence electrons. The number of hydrogen-bond donors (Lipinski definition) is 4. The SMILES string of the molecule is Cn1cc(-c2ccc(C[C@H](NC(=O)C3CCC(CN)CC3)C(=O)Nc3ccc(-c4nn[nH]n4)cc3)cc2)c(=O)n(C)c1=O. The molecule has 1 aliphatic rings. The van der Waals surface area contributed by atoms with Gasteiger partial charge >= 0.3 is 5.69 Å². The lowest BCUT2D eigenvalue weighted by Gasteiger charge is -2.28. The third-order valence-corrected chi connectivity index (χ3v) is 8.09. The number of aryl methyl sites for hydroxylation is 1. The topological polar surface area (TPSA) is 183 Å². The van der Waals surface area contributed by atoms with Crippen LogP contribution in [-0.2, 0) is 30.1 Å². The summed E-state index contributed by atoms with van der Waals surface area (Å²) in [6.45, 7) is 0.617. The number of nitrogens with zero attached hydrogens (tertiary/aromatic N) is 5. The molecule has 2 heterocycles. The number of amides is 2. The monoisotopic (exact) mass is 585 g/mol. The number of nitrogens with two attached hydrogens (primary N) is 1. The number of carbonyl (C=O) groups is 2. The summed E-state index contributed by atoms with van der Waals surface area (Å²) >= 11 is 0. The first kappa shape index (κ1) is 29.6. The first-order chi connectivity index (χ1) is 20.7. The third kappa shape index (κ3) is 6.78. The third-order valence-electron chi connectivity index (χ3n) is 8.09. The van der Waals surface area contributed by atoms with Crippen molar-refractivity contribution in [3.63, 3.8) is 0 Å². The van der Waals surface area contributed by atoms with E-state index in [0.29, 0.717) is 35.1 Å². The summed E-state index contributed by atoms with van der Waals surface area (Å²) in [5, 5.41) is 19.8. The molecule has 0 saturated heterocycles. The van der Waals surface area contributed by atoms with Crippen LogP contribution in [0.1, 0.15) is 31.2 Å². The summed E-state index contributed by atoms with van der Waals surface area (Å²) < 4.78 is 2.42. The summed E-state index contributed by atoms with van der Waals surface area (Å²) in [5.74, 6) is 0.198. The van der Waals surface area contributed by atoms with Crippen molar-refractivity contribution in [3.8, 4) is 22.5 Å². The van der Waals surface area contributed by atoms with Crippen LogP contribution < -0.4 is 27.6 Å². The van der Waals surface area contributed by atoms with E-state index in [1.54, 1.807) is 43.4 Å². The Kier molecular flexibility index (Phi) is 8.90. The number of anilines is 1. The van der Waals surface area contributed by atoms with Crippen molar-refractivity contribution >= 4 is 17.5 Å². The Hall–Kier alpha value is -4.91. The van der Waals surface area contributed by atoms with E-state index in [-0.39, 0.29) is 24.2 Å². The maximum absolute atomic E-state index is 13.5. The van der Waals surface area contributed by atoms with Crippen LogP contribution in [0.4, 0.5) is 5.69 Å². The van der Waals surface area contributed by atoms with Crippen LogP contribution in [0.2, 0.25) is 0 Å². The lowest BCUT2D eigenvalue weighted by Crippen LogP contribution is -2.48. The summed E-state index contributed by atoms with van der Waals surface area (Å²) in [4.78, 5) is 51.6. The van der Waals surface area contributed by atoms with Gasteiger partial charge in [0, 0.05) is 43.9 Å². The van der Waals surface area contributed by atoms with E-state index >= 15 is 0 Å². The van der Waals surface area contributed by atoms with Crippen molar-refractivity contribution in [2.45, 2.75) is 38.1 Å². The molecule has 0 radical (unpaired) electrons. The van der Waals surface area contributed by atoms with Crippen molar-refractivity contribution < 1.29 is 9.59 Å². The fourth-order valence-corrected chi connectivity index (χ4v) is 5.44. The van der Waals surface area contributed by atoms with Crippen molar-refractivity contribution in [1.82, 2.24) is 35.1 Å². The van der Waals surface area contributed by atoms with Gasteiger partial charge in [0.25, 0.3) is 5.56 Å². The zero-order valence-electron chi connectivity index (χ0n) is 24.1. The molecule has 5 rings (SSSR count). The molecule has 13 nitrogen and oxygen atoms in total. The van der Waals surface area contributed by atoms with Crippen molar-refractivity contribution in [1.29, 1.82) is 0 Å². The van der Waals surface area contributed by atoms with Gasteiger partial charge in [-0.1, -0.05) is 24.3 Å². The highest BCUT2D eigenvalue weighted by Crippen LogP contribution is 2.28. The van der Waals surface area contributed by atoms with Crippen molar-refractivity contribution in [2.24, 2.45) is 31.7 Å². The van der Waals surface area contributed by atoms with Gasteiger partial charge in [0.15, 0.2) is 0 Å². The molecule has 1 aliphatic carbocycles. The molecule has 2 aromatic heterocycles. The minimum Gasteiger partial charge on any atom is -0.344 e. The molecule has 0 unspecified atom stereocenters. The summed E-state index contributed by atoms with van der Waals surface area (Å²) in [7, 11) is 3.03. The number of tetrazole rings is 1. The first-order valence-corrected chi connectivity index (χ1v) is 14.2. The lowest BCUT2D eigenvalue weighted by atomic mass is 9.81. The predicted octanol–water partition coefficient (Wildman–Crippen LogP) is 1.36. The molecule has 43 heavy (non-hydrogen) atoms. The molecule has 13 heteroatoms. The van der Waals surface area contributed by atoms with Crippen LogP contribution in [0.25, 0.3) is 22.5 Å². The Bertz CT molecular complexity index is 1690. The van der Waals surface area contributed by atoms with Crippen LogP contribution in [0.3, 0.4) is 0 Å². The van der Waals surface area contributed by atoms with Crippen LogP contribution in [0.15, 0.2) is 64.3 Å². The highest BCUT2D eigenvalue weighted by Gasteiger charge is 2.29. The average Bonchev–Trinajstić information content (AvgIpc) is 3.57. The average molecular weight is 586 g/mol. The van der Waals surface area contributed by atoms with Crippen LogP contribution >= 0.6 is 0 Å². The van der Waals surface area contributed by atoms with Crippen molar-refractivity contribution in [3.05, 3.63) is 81.1 Å². The molecular formula is C30H35N9O4. The maximum Gasteiger partial charge on any atom is 0.330 e. The Morgan fingerprint density at radius 2 is 1.67 bits per heavy atom. The maximum atomic E-state index is 13.5. The van der Waals surface area contributed by atoms with Gasteiger partial charge in [-0.15, -0.1) is 10.2 Å². The Morgan fingerprint density at radius 1 is 1.00 bits per heavy atom. The number of nitrogens with one attached hydrogen (secondary N) is 3. The fourth-order valence-electron chi connectivity index (χ4n) is 5.44. The summed E-state index contributed by atoms with van der Waals surface area (Å²) in [5.41, 5.74) is 8.13. The van der Waals surface area contributed by atoms with Gasteiger partial charge in [0.05, 0.1) is 5.56 Å². The molecule has 2 amide bonds. The highest BCUT2D eigenvalue weighted by atomic mass is 16.2. The number of rotatable bonds is 9. The molecule has 2 aromatic carbocycles. The van der Waals surface area contributed by atoms with Gasteiger partial charge < -0.3 is 20.9 Å². The number of benzene rings is 2. The van der Waals surface area contributed by atoms with Gasteiger partial charge in [-0.3, -0.25) is 19.0 Å². The molecule has 1 atom stereocenters. The normalized spacial score (nSPS) is 17.3. The predicted molar refractivity (Wildman–Crippen MR) is 161 cm³/mol. The van der Waals surface area contributed by atoms with E-state index in [1.807, 2.05) is 12.1 Å². The number of carbonyl (C=O) groups excluding carboxylic acids is 2. The zero-order valence-corrected chi connectivity index (χ0v) is 24.1. The van der Waals surface area contributed by atoms with Crippen LogP contribution in [0, 0.1) is 11.8 Å². The quantitative estimate of drug-likeness (QED) is 0.227. The number of aromatic amines is 1. The highest BCUT2D eigenvalue weighted by molar-refractivity contribution is 5.97. The first-order valence-electron chi connectivity index (χ1n) is 14.2. The van der Waals surface area contributed by atoms with E-state index < -0.39 is 17.3 Å². The Labute approximate surface area is 247 Å². The van der Waals surface area contributed by atoms with Gasteiger partial charge in [-0.25, -0.2) is 4.79 Å². The van der Waals surface area contributed by atoms with E-state index in [9.17, 15) is 19.2 Å². The number of aromatic nitrogens is 6. The van der Waals surface area contributed by atoms with Gasteiger partial charge in [0.2, 0.25) is 17.6 Å². The van der Waals surface area contributed by atoms with E-state index in [0.717, 1.165) is 41.4 Å². The smallest absolute Gasteiger partial charge is 0.330 e. The molecule has 1 fully saturated rings. The second-order valence-corrected chi connectivity index (χ2v) is 11.0. The molecule has 0 spiro atoms.